The molecule has 200 valence electrons. The van der Waals surface area contributed by atoms with Crippen molar-refractivity contribution in [1.29, 1.82) is 0 Å². The molecule has 1 aromatic heterocycles. The van der Waals surface area contributed by atoms with Gasteiger partial charge in [-0.05, 0) is 62.2 Å². The number of aryl methyl sites for hydroxylation is 2. The van der Waals surface area contributed by atoms with Gasteiger partial charge in [0.15, 0.2) is 0 Å². The molecule has 0 saturated heterocycles. The molecule has 0 radical (unpaired) electrons. The summed E-state index contributed by atoms with van der Waals surface area (Å²) in [5.41, 5.74) is -4.52. The molecule has 1 N–H and O–H groups in total. The Morgan fingerprint density at radius 1 is 0.892 bits per heavy atom. The fraction of sp³-hybridized carbons (Fsp3) is 0.238. The maximum absolute atomic E-state index is 13.4. The van der Waals surface area contributed by atoms with E-state index in [0.29, 0.717) is 11.3 Å². The van der Waals surface area contributed by atoms with Gasteiger partial charge in [-0.3, -0.25) is 0 Å². The molecule has 0 aliphatic heterocycles. The second kappa shape index (κ2) is 9.94. The number of alkyl halides is 3. The van der Waals surface area contributed by atoms with Crippen LogP contribution in [0.3, 0.4) is 0 Å². The largest absolute Gasteiger partial charge is 0.511 e. The molecule has 3 aromatic rings. The van der Waals surface area contributed by atoms with Crippen LogP contribution in [0.1, 0.15) is 29.8 Å². The summed E-state index contributed by atoms with van der Waals surface area (Å²) in [6, 6.07) is 6.01. The molecular formula is C21H19ClF3N3O6S3. The minimum Gasteiger partial charge on any atom is -0.226 e. The van der Waals surface area contributed by atoms with Crippen LogP contribution in [0, 0.1) is 13.8 Å². The molecule has 37 heavy (non-hydrogen) atoms. The maximum Gasteiger partial charge on any atom is 0.511 e. The molecule has 3 rings (SSSR count). The predicted molar refractivity (Wildman–Crippen MR) is 127 cm³/mol. The van der Waals surface area contributed by atoms with E-state index < -0.39 is 61.1 Å². The first-order valence-corrected chi connectivity index (χ1v) is 15.0. The molecule has 0 spiro atoms. The second-order valence-electron chi connectivity index (χ2n) is 7.88. The van der Waals surface area contributed by atoms with Crippen LogP contribution in [0.4, 0.5) is 13.2 Å². The monoisotopic (exact) mass is 597 g/mol. The molecule has 16 heteroatoms. The topological polar surface area (TPSA) is 140 Å². The highest BCUT2D eigenvalue weighted by atomic mass is 35.5. The third-order valence-electron chi connectivity index (χ3n) is 5.25. The van der Waals surface area contributed by atoms with Crippen molar-refractivity contribution in [3.63, 3.8) is 0 Å². The van der Waals surface area contributed by atoms with Gasteiger partial charge in [0.2, 0.25) is 19.7 Å². The summed E-state index contributed by atoms with van der Waals surface area (Å²) in [7, 11) is -14.7. The molecule has 0 amide bonds. The van der Waals surface area contributed by atoms with Gasteiger partial charge >= 0.3 is 15.5 Å². The van der Waals surface area contributed by atoms with E-state index in [2.05, 4.69) is 9.97 Å². The van der Waals surface area contributed by atoms with Gasteiger partial charge in [-0.15, -0.1) is 0 Å². The van der Waals surface area contributed by atoms with Gasteiger partial charge in [0.1, 0.15) is 0 Å². The second-order valence-corrected chi connectivity index (χ2v) is 13.7. The Morgan fingerprint density at radius 3 is 2.03 bits per heavy atom. The number of hydrogen-bond donors (Lipinski definition) is 1. The quantitative estimate of drug-likeness (QED) is 0.404. The molecule has 0 aliphatic rings. The number of nitrogens with one attached hydrogen (secondary N) is 1. The maximum atomic E-state index is 13.4. The van der Waals surface area contributed by atoms with Gasteiger partial charge in [-0.2, -0.15) is 13.2 Å². The third-order valence-corrected chi connectivity index (χ3v) is 10.3. The highest BCUT2D eigenvalue weighted by Gasteiger charge is 2.46. The van der Waals surface area contributed by atoms with Crippen molar-refractivity contribution in [2.24, 2.45) is 0 Å². The Hall–Kier alpha value is -2.59. The Kier molecular flexibility index (Phi) is 7.79. The first-order valence-electron chi connectivity index (χ1n) is 10.2. The summed E-state index contributed by atoms with van der Waals surface area (Å²) in [6.07, 6.45) is 1.28. The third kappa shape index (κ3) is 5.80. The van der Waals surface area contributed by atoms with Gasteiger partial charge in [0.05, 0.1) is 14.7 Å². The Balaban J connectivity index is 2.05. The van der Waals surface area contributed by atoms with E-state index in [1.807, 2.05) is 0 Å². The summed E-state index contributed by atoms with van der Waals surface area (Å²) in [5.74, 6) is 0. The normalized spacial score (nSPS) is 13.9. The fourth-order valence-electron chi connectivity index (χ4n) is 3.08. The van der Waals surface area contributed by atoms with Crippen molar-refractivity contribution in [2.75, 3.05) is 0 Å². The zero-order valence-corrected chi connectivity index (χ0v) is 22.5. The van der Waals surface area contributed by atoms with Crippen molar-refractivity contribution in [3.8, 4) is 0 Å². The van der Waals surface area contributed by atoms with Crippen molar-refractivity contribution in [1.82, 2.24) is 14.7 Å². The van der Waals surface area contributed by atoms with Gasteiger partial charge in [-0.25, -0.2) is 39.9 Å². The van der Waals surface area contributed by atoms with Crippen molar-refractivity contribution >= 4 is 41.3 Å². The molecule has 0 bridgehead atoms. The molecule has 1 atom stereocenters. The van der Waals surface area contributed by atoms with Gasteiger partial charge < -0.3 is 0 Å². The van der Waals surface area contributed by atoms with Crippen LogP contribution in [-0.2, 0) is 29.7 Å². The lowest BCUT2D eigenvalue weighted by Gasteiger charge is -2.17. The van der Waals surface area contributed by atoms with E-state index >= 15 is 0 Å². The Labute approximate surface area is 216 Å². The van der Waals surface area contributed by atoms with E-state index in [9.17, 15) is 38.4 Å². The van der Waals surface area contributed by atoms with Gasteiger partial charge in [-0.1, -0.05) is 23.7 Å². The average molecular weight is 598 g/mol. The summed E-state index contributed by atoms with van der Waals surface area (Å²) in [5, 5.41) is -0.696. The van der Waals surface area contributed by atoms with Gasteiger partial charge in [0.25, 0.3) is 5.16 Å². The number of hydrogen-bond acceptors (Lipinski definition) is 8. The van der Waals surface area contributed by atoms with Crippen molar-refractivity contribution in [3.05, 3.63) is 70.5 Å². The van der Waals surface area contributed by atoms with E-state index in [0.717, 1.165) is 43.3 Å². The zero-order valence-electron chi connectivity index (χ0n) is 19.3. The number of halogens is 4. The van der Waals surface area contributed by atoms with E-state index in [1.165, 1.54) is 17.0 Å². The van der Waals surface area contributed by atoms with Crippen LogP contribution < -0.4 is 4.72 Å². The minimum atomic E-state index is -5.64. The molecule has 2 aromatic carbocycles. The fourth-order valence-corrected chi connectivity index (χ4v) is 7.29. The van der Waals surface area contributed by atoms with Crippen LogP contribution in [0.15, 0.2) is 68.5 Å². The van der Waals surface area contributed by atoms with Crippen LogP contribution >= 0.6 is 11.6 Å². The Bertz CT molecular complexity index is 1680. The highest BCUT2D eigenvalue weighted by molar-refractivity contribution is 7.94. The number of sulfonamides is 1. The average Bonchev–Trinajstić information content (AvgIpc) is 2.79. The molecule has 0 saturated carbocycles. The van der Waals surface area contributed by atoms with Crippen LogP contribution in [0.2, 0.25) is 5.02 Å². The molecule has 1 heterocycles. The highest BCUT2D eigenvalue weighted by Crippen LogP contribution is 2.33. The van der Waals surface area contributed by atoms with E-state index in [1.54, 1.807) is 13.8 Å². The summed E-state index contributed by atoms with van der Waals surface area (Å²) in [6.45, 7) is 4.36. The SMILES string of the molecule is Cc1cnc(S(=O)(=O)c2cc(Cl)ccc2S(=O)(=O)c2ccc([C@H](C)NS(=O)(=O)C(F)(F)F)cc2)nc1C. The summed E-state index contributed by atoms with van der Waals surface area (Å²) >= 11 is 5.97. The van der Waals surface area contributed by atoms with E-state index in [-0.39, 0.29) is 10.6 Å². The number of rotatable bonds is 7. The van der Waals surface area contributed by atoms with E-state index in [4.69, 9.17) is 11.6 Å². The standard InChI is InChI=1S/C21H19ClF3N3O6S3/c1-12-11-26-20(27-13(12)2)36(31,32)19-10-16(22)6-9-18(19)35(29,30)17-7-4-15(5-8-17)14(3)28-37(33,34)21(23,24)25/h4-11,14,28H,1-3H3/t14-/m0/s1. The van der Waals surface area contributed by atoms with Crippen LogP contribution in [0.25, 0.3) is 0 Å². The molecule has 9 nitrogen and oxygen atoms in total. The number of sulfone groups is 2. The zero-order chi connectivity index (χ0) is 28.0. The lowest BCUT2D eigenvalue weighted by Crippen LogP contribution is -2.37. The van der Waals surface area contributed by atoms with Crippen LogP contribution in [0.5, 0.6) is 0 Å². The van der Waals surface area contributed by atoms with Crippen molar-refractivity contribution < 1.29 is 38.4 Å². The smallest absolute Gasteiger partial charge is 0.226 e. The molecular weight excluding hydrogens is 579 g/mol. The number of nitrogens with zero attached hydrogens (tertiary/aromatic N) is 2. The van der Waals surface area contributed by atoms with Crippen LogP contribution in [-0.4, -0.2) is 40.7 Å². The summed E-state index contributed by atoms with van der Waals surface area (Å²) < 4.78 is 115. The van der Waals surface area contributed by atoms with Gasteiger partial charge in [0, 0.05) is 23.0 Å². The first-order chi connectivity index (χ1) is 16.9. The Morgan fingerprint density at radius 2 is 1.49 bits per heavy atom. The lowest BCUT2D eigenvalue weighted by molar-refractivity contribution is -0.0450. The first kappa shape index (κ1) is 29.0. The van der Waals surface area contributed by atoms with Crippen molar-refractivity contribution in [2.45, 2.75) is 52.2 Å². The number of aromatic nitrogens is 2. The predicted octanol–water partition coefficient (Wildman–Crippen LogP) is 3.91. The molecule has 0 unspecified atom stereocenters. The number of benzene rings is 2. The molecule has 0 aliphatic carbocycles. The lowest BCUT2D eigenvalue weighted by atomic mass is 10.1. The molecule has 0 fully saturated rings. The summed E-state index contributed by atoms with van der Waals surface area (Å²) in [4.78, 5) is 6.07. The minimum absolute atomic E-state index is 0.0271.